The van der Waals surface area contributed by atoms with Crippen LogP contribution in [0.15, 0.2) is 35.9 Å². The van der Waals surface area contributed by atoms with Crippen LogP contribution in [0, 0.1) is 18.8 Å². The van der Waals surface area contributed by atoms with Gasteiger partial charge < -0.3 is 5.32 Å². The Morgan fingerprint density at radius 3 is 2.18 bits per heavy atom. The van der Waals surface area contributed by atoms with E-state index in [0.29, 0.717) is 6.04 Å². The van der Waals surface area contributed by atoms with Gasteiger partial charge in [0.05, 0.1) is 0 Å². The third-order valence-corrected chi connectivity index (χ3v) is 7.17. The van der Waals surface area contributed by atoms with Crippen LogP contribution < -0.4 is 5.32 Å². The molecule has 0 spiro atoms. The number of hydrogen-bond donors (Lipinski definition) is 1. The van der Waals surface area contributed by atoms with Crippen molar-refractivity contribution in [2.24, 2.45) is 11.8 Å². The normalized spacial score (nSPS) is 21.5. The van der Waals surface area contributed by atoms with E-state index in [9.17, 15) is 0 Å². The highest BCUT2D eigenvalue weighted by Gasteiger charge is 2.32. The zero-order valence-electron chi connectivity index (χ0n) is 18.9. The average Bonchev–Trinajstić information content (AvgIpc) is 2.68. The maximum atomic E-state index is 3.53. The van der Waals surface area contributed by atoms with Gasteiger partial charge in [0.1, 0.15) is 0 Å². The smallest absolute Gasteiger partial charge is 0.0288 e. The highest BCUT2D eigenvalue weighted by atomic mass is 15.2. The van der Waals surface area contributed by atoms with Gasteiger partial charge in [-0.3, -0.25) is 4.90 Å². The Morgan fingerprint density at radius 1 is 1.04 bits per heavy atom. The lowest BCUT2D eigenvalue weighted by Crippen LogP contribution is -2.45. The third-order valence-electron chi connectivity index (χ3n) is 7.17. The molecule has 0 bridgehead atoms. The largest absolute Gasteiger partial charge is 0.317 e. The fourth-order valence-electron chi connectivity index (χ4n) is 5.36. The highest BCUT2D eigenvalue weighted by Crippen LogP contribution is 2.35. The standard InChI is InChI=1S/C26H42N2/c1-20(2)18-25(19-26(4,5)24-8-6-21(3)7-9-24)28-16-12-23(13-17-28)22-10-14-27-15-11-22/h6-9,18,22-23,25,27H,10-17,19H2,1-5H3. The second kappa shape index (κ2) is 9.59. The monoisotopic (exact) mass is 382 g/mol. The lowest BCUT2D eigenvalue weighted by atomic mass is 9.76. The molecule has 3 rings (SSSR count). The fourth-order valence-corrected chi connectivity index (χ4v) is 5.36. The molecule has 2 aliphatic rings. The zero-order valence-corrected chi connectivity index (χ0v) is 18.9. The summed E-state index contributed by atoms with van der Waals surface area (Å²) < 4.78 is 0. The molecular formula is C26H42N2. The summed E-state index contributed by atoms with van der Waals surface area (Å²) >= 11 is 0. The van der Waals surface area contributed by atoms with Crippen molar-refractivity contribution in [1.82, 2.24) is 10.2 Å². The van der Waals surface area contributed by atoms with Gasteiger partial charge >= 0.3 is 0 Å². The molecule has 2 aliphatic heterocycles. The van der Waals surface area contributed by atoms with E-state index in [4.69, 9.17) is 0 Å². The van der Waals surface area contributed by atoms with Gasteiger partial charge in [0.15, 0.2) is 0 Å². The Morgan fingerprint density at radius 2 is 1.61 bits per heavy atom. The number of nitrogens with one attached hydrogen (secondary N) is 1. The van der Waals surface area contributed by atoms with Crippen molar-refractivity contribution in [1.29, 1.82) is 0 Å². The summed E-state index contributed by atoms with van der Waals surface area (Å²) in [6, 6.07) is 9.74. The number of benzene rings is 1. The number of likely N-dealkylation sites (tertiary alicyclic amines) is 1. The summed E-state index contributed by atoms with van der Waals surface area (Å²) in [5.74, 6) is 1.92. The third kappa shape index (κ3) is 5.70. The van der Waals surface area contributed by atoms with Gasteiger partial charge in [0.2, 0.25) is 0 Å². The predicted octanol–water partition coefficient (Wildman–Crippen LogP) is 5.71. The molecule has 156 valence electrons. The molecule has 28 heavy (non-hydrogen) atoms. The van der Waals surface area contributed by atoms with Crippen LogP contribution in [0.3, 0.4) is 0 Å². The van der Waals surface area contributed by atoms with Gasteiger partial charge in [-0.25, -0.2) is 0 Å². The summed E-state index contributed by atoms with van der Waals surface area (Å²) in [6.45, 7) is 16.5. The van der Waals surface area contributed by atoms with Gasteiger partial charge in [-0.2, -0.15) is 0 Å². The van der Waals surface area contributed by atoms with E-state index in [-0.39, 0.29) is 5.41 Å². The average molecular weight is 383 g/mol. The number of allylic oxidation sites excluding steroid dienone is 1. The maximum absolute atomic E-state index is 3.53. The van der Waals surface area contributed by atoms with Crippen LogP contribution in [-0.4, -0.2) is 37.1 Å². The molecule has 0 aromatic heterocycles. The minimum atomic E-state index is 0.191. The molecule has 1 aromatic rings. The molecule has 0 amide bonds. The van der Waals surface area contributed by atoms with E-state index < -0.39 is 0 Å². The van der Waals surface area contributed by atoms with Crippen LogP contribution in [0.2, 0.25) is 0 Å². The van der Waals surface area contributed by atoms with Crippen molar-refractivity contribution in [3.05, 3.63) is 47.0 Å². The highest BCUT2D eigenvalue weighted by molar-refractivity contribution is 5.28. The molecule has 2 nitrogen and oxygen atoms in total. The zero-order chi connectivity index (χ0) is 20.1. The van der Waals surface area contributed by atoms with E-state index in [1.165, 1.54) is 75.0 Å². The minimum Gasteiger partial charge on any atom is -0.317 e. The van der Waals surface area contributed by atoms with Crippen LogP contribution in [0.1, 0.15) is 70.9 Å². The summed E-state index contributed by atoms with van der Waals surface area (Å²) in [5, 5.41) is 3.53. The van der Waals surface area contributed by atoms with E-state index in [2.05, 4.69) is 75.2 Å². The van der Waals surface area contributed by atoms with Gasteiger partial charge in [-0.05, 0) is 102 Å². The topological polar surface area (TPSA) is 15.3 Å². The van der Waals surface area contributed by atoms with Crippen molar-refractivity contribution >= 4 is 0 Å². The first kappa shape index (κ1) is 21.6. The summed E-state index contributed by atoms with van der Waals surface area (Å²) in [6.07, 6.45) is 9.29. The fraction of sp³-hybridized carbons (Fsp3) is 0.692. The first-order valence-corrected chi connectivity index (χ1v) is 11.5. The summed E-state index contributed by atoms with van der Waals surface area (Å²) in [5.41, 5.74) is 4.45. The molecule has 1 N–H and O–H groups in total. The Kier molecular flexibility index (Phi) is 7.39. The number of rotatable bonds is 6. The van der Waals surface area contributed by atoms with Gasteiger partial charge in [0, 0.05) is 6.04 Å². The summed E-state index contributed by atoms with van der Waals surface area (Å²) in [4.78, 5) is 2.78. The lowest BCUT2D eigenvalue weighted by molar-refractivity contribution is 0.101. The van der Waals surface area contributed by atoms with Crippen molar-refractivity contribution in [3.8, 4) is 0 Å². The van der Waals surface area contributed by atoms with Crippen LogP contribution in [0.5, 0.6) is 0 Å². The molecule has 2 fully saturated rings. The molecule has 2 saturated heterocycles. The van der Waals surface area contributed by atoms with Gasteiger partial charge in [0.25, 0.3) is 0 Å². The Hall–Kier alpha value is -1.12. The van der Waals surface area contributed by atoms with Crippen LogP contribution in [0.25, 0.3) is 0 Å². The molecule has 0 saturated carbocycles. The molecule has 2 heterocycles. The number of nitrogens with zero attached hydrogens (tertiary/aromatic N) is 1. The summed E-state index contributed by atoms with van der Waals surface area (Å²) in [7, 11) is 0. The van der Waals surface area contributed by atoms with E-state index in [0.717, 1.165) is 11.8 Å². The maximum Gasteiger partial charge on any atom is 0.0288 e. The SMILES string of the molecule is CC(C)=CC(CC(C)(C)c1ccc(C)cc1)N1CCC(C2CCNCC2)CC1. The van der Waals surface area contributed by atoms with Crippen molar-refractivity contribution in [3.63, 3.8) is 0 Å². The lowest BCUT2D eigenvalue weighted by Gasteiger charge is -2.42. The van der Waals surface area contributed by atoms with Crippen LogP contribution >= 0.6 is 0 Å². The number of piperidine rings is 2. The second-order valence-electron chi connectivity index (χ2n) is 10.2. The van der Waals surface area contributed by atoms with Crippen molar-refractivity contribution < 1.29 is 0 Å². The number of hydrogen-bond acceptors (Lipinski definition) is 2. The molecule has 1 atom stereocenters. The second-order valence-corrected chi connectivity index (χ2v) is 10.2. The molecule has 2 heteroatoms. The Bertz CT molecular complexity index is 625. The van der Waals surface area contributed by atoms with E-state index >= 15 is 0 Å². The van der Waals surface area contributed by atoms with Gasteiger partial charge in [-0.15, -0.1) is 0 Å². The first-order valence-electron chi connectivity index (χ1n) is 11.5. The molecule has 1 unspecified atom stereocenters. The van der Waals surface area contributed by atoms with Crippen LogP contribution in [0.4, 0.5) is 0 Å². The molecular weight excluding hydrogens is 340 g/mol. The van der Waals surface area contributed by atoms with E-state index in [1.54, 1.807) is 0 Å². The van der Waals surface area contributed by atoms with Crippen LogP contribution in [-0.2, 0) is 5.41 Å². The molecule has 0 radical (unpaired) electrons. The van der Waals surface area contributed by atoms with Crippen molar-refractivity contribution in [2.75, 3.05) is 26.2 Å². The Labute approximate surface area is 173 Å². The number of aryl methyl sites for hydroxylation is 1. The van der Waals surface area contributed by atoms with Gasteiger partial charge in [-0.1, -0.05) is 55.3 Å². The first-order chi connectivity index (χ1) is 13.3. The molecule has 1 aromatic carbocycles. The minimum absolute atomic E-state index is 0.191. The van der Waals surface area contributed by atoms with E-state index in [1.807, 2.05) is 0 Å². The quantitative estimate of drug-likeness (QED) is 0.634. The predicted molar refractivity (Wildman–Crippen MR) is 122 cm³/mol. The Balaban J connectivity index is 1.65. The van der Waals surface area contributed by atoms with Crippen molar-refractivity contribution in [2.45, 2.75) is 78.2 Å². The molecule has 0 aliphatic carbocycles.